The van der Waals surface area contributed by atoms with Gasteiger partial charge in [0.15, 0.2) is 0 Å². The summed E-state index contributed by atoms with van der Waals surface area (Å²) in [5, 5.41) is 28.8. The lowest BCUT2D eigenvalue weighted by atomic mass is 9.73. The molecule has 8 heteroatoms. The molecule has 164 valence electrons. The lowest BCUT2D eigenvalue weighted by molar-refractivity contribution is 0.00926. The predicted molar refractivity (Wildman–Crippen MR) is 120 cm³/mol. The van der Waals surface area contributed by atoms with E-state index in [0.717, 1.165) is 24.8 Å². The Hall–Kier alpha value is -3.18. The average Bonchev–Trinajstić information content (AvgIpc) is 2.76. The average molecular weight is 423 g/mol. The lowest BCUT2D eigenvalue weighted by Gasteiger charge is -2.40. The standard InChI is InChI=1S/C23H30N6O2/c1-23(2)12-18(7-8-19(23)30)28-20-17(13-24)14-27-22(29-20)26-10-9-15-5-4-6-16(11-15)21(31)25-3/h4-6,11,14,18-19,30H,7-10,12H2,1-3H3,(H,25,31)(H2,26,27,28,29)/t18-,19+/m1/s1. The Labute approximate surface area is 183 Å². The normalized spacial score (nSPS) is 19.8. The van der Waals surface area contributed by atoms with Crippen molar-refractivity contribution in [3.8, 4) is 6.07 Å². The fraction of sp³-hybridized carbons (Fsp3) is 0.478. The Kier molecular flexibility index (Phi) is 7.08. The molecule has 1 heterocycles. The molecule has 2 aromatic rings. The monoisotopic (exact) mass is 422 g/mol. The SMILES string of the molecule is CNC(=O)c1cccc(CCNc2ncc(C#N)c(N[C@@H]3CC[C@H](O)C(C)(C)C3)n2)c1. The zero-order valence-corrected chi connectivity index (χ0v) is 18.3. The van der Waals surface area contributed by atoms with Crippen molar-refractivity contribution < 1.29 is 9.90 Å². The first kappa shape index (κ1) is 22.5. The van der Waals surface area contributed by atoms with Gasteiger partial charge < -0.3 is 21.1 Å². The topological polar surface area (TPSA) is 123 Å². The van der Waals surface area contributed by atoms with Crippen LogP contribution in [0.25, 0.3) is 0 Å². The van der Waals surface area contributed by atoms with Gasteiger partial charge in [0.05, 0.1) is 12.3 Å². The maximum Gasteiger partial charge on any atom is 0.251 e. The summed E-state index contributed by atoms with van der Waals surface area (Å²) in [7, 11) is 1.61. The molecule has 0 bridgehead atoms. The van der Waals surface area contributed by atoms with E-state index in [0.29, 0.717) is 35.9 Å². The van der Waals surface area contributed by atoms with E-state index in [1.807, 2.05) is 18.2 Å². The summed E-state index contributed by atoms with van der Waals surface area (Å²) in [6.45, 7) is 4.71. The van der Waals surface area contributed by atoms with E-state index >= 15 is 0 Å². The molecule has 1 saturated carbocycles. The third-order valence-corrected chi connectivity index (χ3v) is 5.83. The predicted octanol–water partition coefficient (Wildman–Crippen LogP) is 2.71. The van der Waals surface area contributed by atoms with Gasteiger partial charge in [-0.2, -0.15) is 10.2 Å². The summed E-state index contributed by atoms with van der Waals surface area (Å²) >= 11 is 0. The summed E-state index contributed by atoms with van der Waals surface area (Å²) in [5.74, 6) is 0.845. The molecule has 1 aromatic carbocycles. The van der Waals surface area contributed by atoms with Crippen LogP contribution < -0.4 is 16.0 Å². The first-order valence-electron chi connectivity index (χ1n) is 10.6. The number of hydrogen-bond acceptors (Lipinski definition) is 7. The largest absolute Gasteiger partial charge is 0.393 e. The van der Waals surface area contributed by atoms with Gasteiger partial charge >= 0.3 is 0 Å². The van der Waals surface area contributed by atoms with Crippen molar-refractivity contribution in [2.75, 3.05) is 24.2 Å². The number of nitrogens with zero attached hydrogens (tertiary/aromatic N) is 3. The van der Waals surface area contributed by atoms with Gasteiger partial charge in [-0.1, -0.05) is 26.0 Å². The van der Waals surface area contributed by atoms with Crippen LogP contribution in [-0.4, -0.2) is 46.7 Å². The van der Waals surface area contributed by atoms with Gasteiger partial charge in [-0.25, -0.2) is 4.98 Å². The molecule has 0 saturated heterocycles. The van der Waals surface area contributed by atoms with Crippen LogP contribution in [-0.2, 0) is 6.42 Å². The number of aliphatic hydroxyl groups excluding tert-OH is 1. The van der Waals surface area contributed by atoms with Crippen LogP contribution in [0.2, 0.25) is 0 Å². The molecule has 31 heavy (non-hydrogen) atoms. The highest BCUT2D eigenvalue weighted by atomic mass is 16.3. The molecule has 1 aliphatic rings. The smallest absolute Gasteiger partial charge is 0.251 e. The highest BCUT2D eigenvalue weighted by molar-refractivity contribution is 5.94. The molecule has 3 rings (SSSR count). The van der Waals surface area contributed by atoms with E-state index in [9.17, 15) is 15.2 Å². The van der Waals surface area contributed by atoms with Crippen LogP contribution in [0.15, 0.2) is 30.5 Å². The lowest BCUT2D eigenvalue weighted by Crippen LogP contribution is -2.41. The van der Waals surface area contributed by atoms with Crippen molar-refractivity contribution in [1.82, 2.24) is 15.3 Å². The fourth-order valence-electron chi connectivity index (χ4n) is 3.93. The number of rotatable bonds is 7. The minimum absolute atomic E-state index is 0.112. The molecule has 0 unspecified atom stereocenters. The molecule has 4 N–H and O–H groups in total. The van der Waals surface area contributed by atoms with Gasteiger partial charge in [0.25, 0.3) is 5.91 Å². The molecule has 0 aliphatic heterocycles. The van der Waals surface area contributed by atoms with E-state index in [4.69, 9.17) is 0 Å². The van der Waals surface area contributed by atoms with Gasteiger partial charge in [0, 0.05) is 25.2 Å². The second-order valence-corrected chi connectivity index (χ2v) is 8.65. The summed E-state index contributed by atoms with van der Waals surface area (Å²) in [5.41, 5.74) is 1.87. The van der Waals surface area contributed by atoms with Crippen molar-refractivity contribution in [2.24, 2.45) is 5.41 Å². The number of aromatic nitrogens is 2. The number of nitriles is 1. The van der Waals surface area contributed by atoms with Crippen LogP contribution in [0.3, 0.4) is 0 Å². The van der Waals surface area contributed by atoms with Gasteiger partial charge in [-0.15, -0.1) is 0 Å². The number of carbonyl (C=O) groups excluding carboxylic acids is 1. The van der Waals surface area contributed by atoms with E-state index < -0.39 is 0 Å². The third-order valence-electron chi connectivity index (χ3n) is 5.83. The molecule has 1 fully saturated rings. The molecule has 0 radical (unpaired) electrons. The molecule has 1 amide bonds. The molecular weight excluding hydrogens is 392 g/mol. The first-order chi connectivity index (χ1) is 14.8. The Bertz CT molecular complexity index is 969. The Morgan fingerprint density at radius 3 is 2.87 bits per heavy atom. The zero-order valence-electron chi connectivity index (χ0n) is 18.3. The van der Waals surface area contributed by atoms with Gasteiger partial charge in [-0.05, 0) is 48.8 Å². The highest BCUT2D eigenvalue weighted by Crippen LogP contribution is 2.36. The molecule has 1 aliphatic carbocycles. The zero-order chi connectivity index (χ0) is 22.4. The number of benzene rings is 1. The van der Waals surface area contributed by atoms with Crippen LogP contribution in [0.5, 0.6) is 0 Å². The van der Waals surface area contributed by atoms with Crippen molar-refractivity contribution in [3.05, 3.63) is 47.2 Å². The quantitative estimate of drug-likeness (QED) is 0.541. The van der Waals surface area contributed by atoms with Crippen molar-refractivity contribution in [3.63, 3.8) is 0 Å². The first-order valence-corrected chi connectivity index (χ1v) is 10.6. The summed E-state index contributed by atoms with van der Waals surface area (Å²) in [4.78, 5) is 20.5. The van der Waals surface area contributed by atoms with Crippen molar-refractivity contribution in [2.45, 2.75) is 51.7 Å². The van der Waals surface area contributed by atoms with Crippen LogP contribution in [0, 0.1) is 16.7 Å². The van der Waals surface area contributed by atoms with Crippen LogP contribution in [0.4, 0.5) is 11.8 Å². The second-order valence-electron chi connectivity index (χ2n) is 8.65. The molecule has 0 spiro atoms. The molecule has 1 aromatic heterocycles. The highest BCUT2D eigenvalue weighted by Gasteiger charge is 2.35. The number of aliphatic hydroxyl groups is 1. The van der Waals surface area contributed by atoms with E-state index in [1.165, 1.54) is 6.20 Å². The van der Waals surface area contributed by atoms with Crippen molar-refractivity contribution >= 4 is 17.7 Å². The Balaban J connectivity index is 1.63. The summed E-state index contributed by atoms with van der Waals surface area (Å²) in [6, 6.07) is 9.77. The van der Waals surface area contributed by atoms with E-state index in [1.54, 1.807) is 13.1 Å². The molecule has 2 atom stereocenters. The van der Waals surface area contributed by atoms with Gasteiger partial charge in [-0.3, -0.25) is 4.79 Å². The van der Waals surface area contributed by atoms with Crippen LogP contribution >= 0.6 is 0 Å². The molecule has 8 nitrogen and oxygen atoms in total. The summed E-state index contributed by atoms with van der Waals surface area (Å²) in [6.07, 6.45) is 4.25. The minimum Gasteiger partial charge on any atom is -0.393 e. The second kappa shape index (κ2) is 9.75. The fourth-order valence-corrected chi connectivity index (χ4v) is 3.93. The molecular formula is C23H30N6O2. The van der Waals surface area contributed by atoms with Gasteiger partial charge in [0.2, 0.25) is 5.95 Å². The van der Waals surface area contributed by atoms with Gasteiger partial charge in [0.1, 0.15) is 17.5 Å². The number of hydrogen-bond donors (Lipinski definition) is 4. The number of anilines is 2. The minimum atomic E-state index is -0.314. The maximum atomic E-state index is 11.8. The van der Waals surface area contributed by atoms with E-state index in [-0.39, 0.29) is 23.5 Å². The number of amides is 1. The summed E-state index contributed by atoms with van der Waals surface area (Å²) < 4.78 is 0. The van der Waals surface area contributed by atoms with E-state index in [2.05, 4.69) is 45.8 Å². The Morgan fingerprint density at radius 1 is 1.35 bits per heavy atom. The maximum absolute atomic E-state index is 11.8. The third kappa shape index (κ3) is 5.70. The number of carbonyl (C=O) groups is 1. The number of nitrogens with one attached hydrogen (secondary N) is 3. The van der Waals surface area contributed by atoms with Crippen molar-refractivity contribution in [1.29, 1.82) is 5.26 Å². The van der Waals surface area contributed by atoms with Crippen LogP contribution in [0.1, 0.15) is 54.6 Å². The Morgan fingerprint density at radius 2 is 2.16 bits per heavy atom.